The number of esters is 2. The fourth-order valence-electron chi connectivity index (χ4n) is 1.73. The summed E-state index contributed by atoms with van der Waals surface area (Å²) in [5.74, 6) is -0.150. The molecule has 0 aromatic heterocycles. The molecule has 0 aliphatic heterocycles. The number of hydrogen-bond acceptors (Lipinski definition) is 5. The third kappa shape index (κ3) is 4.62. The minimum absolute atomic E-state index is 0.418. The van der Waals surface area contributed by atoms with Crippen LogP contribution in [0.5, 0.6) is 5.75 Å². The summed E-state index contributed by atoms with van der Waals surface area (Å²) in [7, 11) is 1.57. The summed E-state index contributed by atoms with van der Waals surface area (Å²) in [6, 6.07) is 7.05. The Morgan fingerprint density at radius 2 is 1.53 bits per heavy atom. The topological polar surface area (TPSA) is 61.8 Å². The minimum atomic E-state index is -0.632. The average Bonchev–Trinajstić information content (AvgIpc) is 2.35. The molecule has 0 unspecified atom stereocenters. The molecule has 0 fully saturated rings. The number of hydrogen-bond donors (Lipinski definition) is 0. The first-order chi connectivity index (χ1) is 8.93. The summed E-state index contributed by atoms with van der Waals surface area (Å²) in [5.41, 5.74) is 0.741. The van der Waals surface area contributed by atoms with Crippen LogP contribution in [0.2, 0.25) is 0 Å². The first-order valence-corrected chi connectivity index (χ1v) is 5.92. The summed E-state index contributed by atoms with van der Waals surface area (Å²) < 4.78 is 15.4. The largest absolute Gasteiger partial charge is 0.497 e. The van der Waals surface area contributed by atoms with Gasteiger partial charge in [0.05, 0.1) is 7.11 Å². The van der Waals surface area contributed by atoms with E-state index in [4.69, 9.17) is 14.2 Å². The van der Waals surface area contributed by atoms with E-state index in [0.29, 0.717) is 5.75 Å². The predicted octanol–water partition coefficient (Wildman–Crippen LogP) is 2.25. The van der Waals surface area contributed by atoms with Crippen LogP contribution in [-0.4, -0.2) is 25.2 Å². The van der Waals surface area contributed by atoms with Gasteiger partial charge in [0.15, 0.2) is 6.10 Å². The van der Waals surface area contributed by atoms with E-state index in [1.807, 2.05) is 0 Å². The molecular weight excluding hydrogens is 255 g/mol. The van der Waals surface area contributed by atoms with Crippen molar-refractivity contribution in [3.05, 3.63) is 29.8 Å². The Hall–Kier alpha value is -2.04. The molecule has 0 aliphatic rings. The Morgan fingerprint density at radius 3 is 1.95 bits per heavy atom. The van der Waals surface area contributed by atoms with Gasteiger partial charge in [0, 0.05) is 13.8 Å². The SMILES string of the molecule is CO[13c]1[13cH][13cH][13c]([13C@H](OC(C)=O)[C@@H](C)OC(C)=O)[13cH][13cH]1. The zero-order valence-corrected chi connectivity index (χ0v) is 11.5. The fourth-order valence-corrected chi connectivity index (χ4v) is 1.73. The molecule has 1 aromatic carbocycles. The van der Waals surface area contributed by atoms with Crippen molar-refractivity contribution in [2.45, 2.75) is 33.0 Å². The van der Waals surface area contributed by atoms with Crippen molar-refractivity contribution < 1.29 is 23.8 Å². The van der Waals surface area contributed by atoms with E-state index in [9.17, 15) is 9.59 Å². The molecule has 0 spiro atoms. The van der Waals surface area contributed by atoms with Gasteiger partial charge in [0.2, 0.25) is 0 Å². The Balaban J connectivity index is 2.93. The van der Waals surface area contributed by atoms with Crippen LogP contribution in [-0.2, 0) is 19.1 Å². The van der Waals surface area contributed by atoms with Gasteiger partial charge < -0.3 is 14.2 Å². The molecule has 5 nitrogen and oxygen atoms in total. The molecular formula is C14H18O5. The van der Waals surface area contributed by atoms with Crippen LogP contribution in [0.3, 0.4) is 0 Å². The van der Waals surface area contributed by atoms with Crippen LogP contribution in [0.4, 0.5) is 0 Å². The molecule has 0 bridgehead atoms. The zero-order valence-electron chi connectivity index (χ0n) is 11.5. The Labute approximate surface area is 112 Å². The first-order valence-electron chi connectivity index (χ1n) is 5.92. The average molecular weight is 273 g/mol. The standard InChI is InChI=1S/C14H18O5/c1-9(18-10(2)15)14(19-11(3)16)12-5-7-13(17-4)8-6-12/h5-9,14H,1-4H3/t9-,14-/m1/s1/i5+1,6+1,7+1,8+1,12+1,13+1,14+1. The molecule has 19 heavy (non-hydrogen) atoms. The summed E-state index contributed by atoms with van der Waals surface area (Å²) in [4.78, 5) is 22.1. The summed E-state index contributed by atoms with van der Waals surface area (Å²) >= 11 is 0. The molecule has 0 radical (unpaired) electrons. The van der Waals surface area contributed by atoms with Crippen LogP contribution >= 0.6 is 0 Å². The van der Waals surface area contributed by atoms with Crippen molar-refractivity contribution >= 4 is 11.9 Å². The minimum Gasteiger partial charge on any atom is -0.497 e. The van der Waals surface area contributed by atoms with E-state index < -0.39 is 24.1 Å². The van der Waals surface area contributed by atoms with Crippen molar-refractivity contribution in [1.82, 2.24) is 0 Å². The third-order valence-corrected chi connectivity index (χ3v) is 2.52. The van der Waals surface area contributed by atoms with Crippen LogP contribution in [0.1, 0.15) is 32.4 Å². The van der Waals surface area contributed by atoms with E-state index in [1.165, 1.54) is 13.8 Å². The van der Waals surface area contributed by atoms with E-state index in [1.54, 1.807) is 38.3 Å². The van der Waals surface area contributed by atoms with Gasteiger partial charge in [0.25, 0.3) is 0 Å². The number of carbonyl (C=O) groups is 2. The Kier molecular flexibility index (Phi) is 5.36. The van der Waals surface area contributed by atoms with Gasteiger partial charge >= 0.3 is 11.9 Å². The second-order valence-corrected chi connectivity index (χ2v) is 4.12. The van der Waals surface area contributed by atoms with E-state index in [2.05, 4.69) is 0 Å². The van der Waals surface area contributed by atoms with Gasteiger partial charge in [-0.3, -0.25) is 9.59 Å². The van der Waals surface area contributed by atoms with Crippen molar-refractivity contribution in [2.75, 3.05) is 7.11 Å². The molecule has 104 valence electrons. The summed E-state index contributed by atoms with van der Waals surface area (Å²) in [6.07, 6.45) is -1.19. The normalized spacial score (nSPS) is 13.3. The highest BCUT2D eigenvalue weighted by molar-refractivity contribution is 5.67. The monoisotopic (exact) mass is 273 g/mol. The maximum atomic E-state index is 11.2. The lowest BCUT2D eigenvalue weighted by molar-refractivity contribution is -0.164. The van der Waals surface area contributed by atoms with Crippen LogP contribution in [0, 0.1) is 0 Å². The Bertz CT molecular complexity index is 438. The molecule has 0 amide bonds. The number of benzene rings is 1. The molecule has 0 N–H and O–H groups in total. The number of methoxy groups -OCH3 is 1. The van der Waals surface area contributed by atoms with Crippen molar-refractivity contribution in [3.63, 3.8) is 0 Å². The molecule has 1 aromatic rings. The van der Waals surface area contributed by atoms with Crippen LogP contribution < -0.4 is 4.74 Å². The summed E-state index contributed by atoms with van der Waals surface area (Å²) in [5, 5.41) is 0. The maximum Gasteiger partial charge on any atom is 0.303 e. The van der Waals surface area contributed by atoms with Gasteiger partial charge in [-0.05, 0) is 24.6 Å². The molecule has 0 saturated heterocycles. The highest BCUT2D eigenvalue weighted by Gasteiger charge is 2.24. The number of ether oxygens (including phenoxy) is 3. The third-order valence-electron chi connectivity index (χ3n) is 2.52. The highest BCUT2D eigenvalue weighted by Crippen LogP contribution is 2.25. The van der Waals surface area contributed by atoms with E-state index in [-0.39, 0.29) is 0 Å². The van der Waals surface area contributed by atoms with Crippen LogP contribution in [0.25, 0.3) is 0 Å². The first kappa shape index (κ1) is 15.0. The van der Waals surface area contributed by atoms with Gasteiger partial charge in [0.1, 0.15) is 11.9 Å². The van der Waals surface area contributed by atoms with Crippen molar-refractivity contribution in [2.24, 2.45) is 0 Å². The van der Waals surface area contributed by atoms with Gasteiger partial charge in [-0.15, -0.1) is 0 Å². The predicted molar refractivity (Wildman–Crippen MR) is 68.7 cm³/mol. The van der Waals surface area contributed by atoms with Gasteiger partial charge in [-0.1, -0.05) is 12.1 Å². The second kappa shape index (κ2) is 6.78. The van der Waals surface area contributed by atoms with E-state index in [0.717, 1.165) is 5.56 Å². The molecule has 0 saturated carbocycles. The molecule has 2 atom stereocenters. The lowest BCUT2D eigenvalue weighted by Crippen LogP contribution is -2.25. The Morgan fingerprint density at radius 1 is 1.00 bits per heavy atom. The fraction of sp³-hybridized carbons (Fsp3) is 0.429. The van der Waals surface area contributed by atoms with Gasteiger partial charge in [-0.25, -0.2) is 0 Å². The molecule has 5 heteroatoms. The van der Waals surface area contributed by atoms with Gasteiger partial charge in [-0.2, -0.15) is 0 Å². The quantitative estimate of drug-likeness (QED) is 0.608. The second-order valence-electron chi connectivity index (χ2n) is 4.12. The molecule has 0 aliphatic carbocycles. The summed E-state index contributed by atoms with van der Waals surface area (Å²) in [6.45, 7) is 4.31. The zero-order chi connectivity index (χ0) is 14.4. The number of rotatable bonds is 5. The van der Waals surface area contributed by atoms with Crippen molar-refractivity contribution in [3.8, 4) is 5.75 Å². The maximum absolute atomic E-state index is 11.2. The smallest absolute Gasteiger partial charge is 0.303 e. The lowest BCUT2D eigenvalue weighted by Gasteiger charge is -2.23. The number of carbonyl (C=O) groups excluding carboxylic acids is 2. The molecule has 0 heterocycles. The highest BCUT2D eigenvalue weighted by atomic mass is 16.6. The molecule has 1 rings (SSSR count). The van der Waals surface area contributed by atoms with Crippen LogP contribution in [0.15, 0.2) is 24.3 Å². The van der Waals surface area contributed by atoms with E-state index >= 15 is 0 Å². The van der Waals surface area contributed by atoms with Crippen molar-refractivity contribution in [1.29, 1.82) is 0 Å². The lowest BCUT2D eigenvalue weighted by atomic mass is 10.5.